The minimum atomic E-state index is -0.742. The van der Waals surface area contributed by atoms with Crippen molar-refractivity contribution in [3.8, 4) is 0 Å². The Kier molecular flexibility index (Phi) is 4.43. The molecule has 1 fully saturated rings. The second-order valence-electron chi connectivity index (χ2n) is 4.65. The highest BCUT2D eigenvalue weighted by Crippen LogP contribution is 2.23. The fourth-order valence-corrected chi connectivity index (χ4v) is 2.16. The van der Waals surface area contributed by atoms with E-state index in [0.29, 0.717) is 19.6 Å². The lowest BCUT2D eigenvalue weighted by atomic mass is 10.1. The molecule has 1 aliphatic rings. The number of amides is 1. The first kappa shape index (κ1) is 14.9. The average molecular weight is 294 g/mol. The molecule has 1 aliphatic heterocycles. The maximum absolute atomic E-state index is 12.4. The fraction of sp³-hybridized carbons (Fsp3) is 0.417. The van der Waals surface area contributed by atoms with Crippen LogP contribution in [0.1, 0.15) is 16.8 Å². The molecule has 0 unspecified atom stereocenters. The summed E-state index contributed by atoms with van der Waals surface area (Å²) in [6.07, 6.45) is 0.767. The summed E-state index contributed by atoms with van der Waals surface area (Å²) < 4.78 is 0. The average Bonchev–Trinajstić information content (AvgIpc) is 2.74. The molecule has 0 aromatic heterocycles. The van der Waals surface area contributed by atoms with Crippen molar-refractivity contribution in [3.05, 3.63) is 44.0 Å². The van der Waals surface area contributed by atoms with Crippen molar-refractivity contribution >= 4 is 17.3 Å². The molecule has 1 aromatic rings. The molecule has 2 rings (SSSR count). The predicted molar refractivity (Wildman–Crippen MR) is 73.1 cm³/mol. The van der Waals surface area contributed by atoms with Gasteiger partial charge in [-0.2, -0.15) is 0 Å². The van der Waals surface area contributed by atoms with Gasteiger partial charge >= 0.3 is 0 Å². The highest BCUT2D eigenvalue weighted by Gasteiger charge is 2.23. The van der Waals surface area contributed by atoms with Gasteiger partial charge in [0.05, 0.1) is 21.5 Å². The van der Waals surface area contributed by atoms with Crippen LogP contribution in [0.3, 0.4) is 0 Å². The van der Waals surface area contributed by atoms with Gasteiger partial charge in [0.25, 0.3) is 17.3 Å². The number of benzene rings is 1. The first-order valence-electron chi connectivity index (χ1n) is 6.43. The molecule has 0 spiro atoms. The van der Waals surface area contributed by atoms with Crippen LogP contribution < -0.4 is 5.32 Å². The summed E-state index contributed by atoms with van der Waals surface area (Å²) in [6, 6.07) is 3.00. The maximum Gasteiger partial charge on any atom is 0.277 e. The third-order valence-corrected chi connectivity index (χ3v) is 3.20. The van der Waals surface area contributed by atoms with E-state index in [4.69, 9.17) is 0 Å². The van der Waals surface area contributed by atoms with Gasteiger partial charge in [0.15, 0.2) is 0 Å². The van der Waals surface area contributed by atoms with E-state index in [1.807, 2.05) is 0 Å². The van der Waals surface area contributed by atoms with Crippen LogP contribution >= 0.6 is 0 Å². The summed E-state index contributed by atoms with van der Waals surface area (Å²) in [7, 11) is 0. The van der Waals surface area contributed by atoms with Gasteiger partial charge in [-0.15, -0.1) is 0 Å². The number of non-ortho nitro benzene ring substituents is 2. The van der Waals surface area contributed by atoms with Gasteiger partial charge in [-0.05, 0) is 13.0 Å². The molecule has 0 saturated carbocycles. The first-order valence-corrected chi connectivity index (χ1v) is 6.43. The van der Waals surface area contributed by atoms with E-state index in [1.165, 1.54) is 0 Å². The Morgan fingerprint density at radius 1 is 1.05 bits per heavy atom. The number of nitrogens with zero attached hydrogens (tertiary/aromatic N) is 3. The fourth-order valence-electron chi connectivity index (χ4n) is 2.16. The molecule has 0 aliphatic carbocycles. The SMILES string of the molecule is O=C(c1cc([N+](=O)[O-])cc([N+](=O)[O-])c1)N1CCCNCC1. The van der Waals surface area contributed by atoms with Crippen molar-refractivity contribution in [2.75, 3.05) is 26.2 Å². The van der Waals surface area contributed by atoms with Crippen molar-refractivity contribution < 1.29 is 14.6 Å². The van der Waals surface area contributed by atoms with Gasteiger partial charge in [0.1, 0.15) is 0 Å². The minimum Gasteiger partial charge on any atom is -0.337 e. The first-order chi connectivity index (χ1) is 9.99. The summed E-state index contributed by atoms with van der Waals surface area (Å²) in [4.78, 5) is 34.1. The van der Waals surface area contributed by atoms with E-state index >= 15 is 0 Å². The number of nitro groups is 2. The molecule has 1 saturated heterocycles. The van der Waals surface area contributed by atoms with Crippen LogP contribution in [0.2, 0.25) is 0 Å². The Morgan fingerprint density at radius 3 is 2.24 bits per heavy atom. The zero-order chi connectivity index (χ0) is 15.4. The lowest BCUT2D eigenvalue weighted by molar-refractivity contribution is -0.394. The molecule has 112 valence electrons. The molecule has 9 heteroatoms. The van der Waals surface area contributed by atoms with Crippen molar-refractivity contribution in [1.29, 1.82) is 0 Å². The second kappa shape index (κ2) is 6.27. The molecular weight excluding hydrogens is 280 g/mol. The molecule has 9 nitrogen and oxygen atoms in total. The lowest BCUT2D eigenvalue weighted by Crippen LogP contribution is -2.34. The van der Waals surface area contributed by atoms with Crippen LogP contribution in [0.25, 0.3) is 0 Å². The Hall–Kier alpha value is -2.55. The maximum atomic E-state index is 12.4. The van der Waals surface area contributed by atoms with Gasteiger partial charge in [0.2, 0.25) is 0 Å². The molecule has 1 amide bonds. The zero-order valence-electron chi connectivity index (χ0n) is 11.2. The van der Waals surface area contributed by atoms with Crippen LogP contribution in [-0.2, 0) is 0 Å². The smallest absolute Gasteiger partial charge is 0.277 e. The minimum absolute atomic E-state index is 0.0298. The van der Waals surface area contributed by atoms with Crippen molar-refractivity contribution in [3.63, 3.8) is 0 Å². The quantitative estimate of drug-likeness (QED) is 0.654. The predicted octanol–water partition coefficient (Wildman–Crippen LogP) is 0.938. The van der Waals surface area contributed by atoms with Gasteiger partial charge < -0.3 is 10.2 Å². The van der Waals surface area contributed by atoms with E-state index in [-0.39, 0.29) is 5.56 Å². The van der Waals surface area contributed by atoms with Crippen LogP contribution in [0, 0.1) is 20.2 Å². The molecule has 1 heterocycles. The topological polar surface area (TPSA) is 119 Å². The molecular formula is C12H14N4O5. The summed E-state index contributed by atoms with van der Waals surface area (Å²) in [6.45, 7) is 2.40. The summed E-state index contributed by atoms with van der Waals surface area (Å²) >= 11 is 0. The lowest BCUT2D eigenvalue weighted by Gasteiger charge is -2.19. The van der Waals surface area contributed by atoms with Crippen molar-refractivity contribution in [2.24, 2.45) is 0 Å². The Labute approximate surface area is 119 Å². The zero-order valence-corrected chi connectivity index (χ0v) is 11.2. The molecule has 1 N–H and O–H groups in total. The van der Waals surface area contributed by atoms with Gasteiger partial charge in [-0.25, -0.2) is 0 Å². The van der Waals surface area contributed by atoms with Crippen molar-refractivity contribution in [1.82, 2.24) is 10.2 Å². The van der Waals surface area contributed by atoms with Crippen LogP contribution in [0.15, 0.2) is 18.2 Å². The molecule has 21 heavy (non-hydrogen) atoms. The Balaban J connectivity index is 2.34. The number of nitrogens with one attached hydrogen (secondary N) is 1. The third kappa shape index (κ3) is 3.51. The summed E-state index contributed by atoms with van der Waals surface area (Å²) in [5.41, 5.74) is -0.946. The second-order valence-corrected chi connectivity index (χ2v) is 4.65. The number of nitro benzene ring substituents is 2. The van der Waals surface area contributed by atoms with E-state index in [1.54, 1.807) is 4.90 Å². The van der Waals surface area contributed by atoms with Crippen LogP contribution in [0.5, 0.6) is 0 Å². The van der Waals surface area contributed by atoms with E-state index in [9.17, 15) is 25.0 Å². The number of carbonyl (C=O) groups excluding carboxylic acids is 1. The molecule has 1 aromatic carbocycles. The Morgan fingerprint density at radius 2 is 1.67 bits per heavy atom. The third-order valence-electron chi connectivity index (χ3n) is 3.20. The Bertz CT molecular complexity index is 549. The van der Waals surface area contributed by atoms with Gasteiger partial charge in [-0.1, -0.05) is 0 Å². The normalized spacial score (nSPS) is 15.3. The number of hydrogen-bond acceptors (Lipinski definition) is 6. The molecule has 0 atom stereocenters. The number of rotatable bonds is 3. The molecule has 0 bridgehead atoms. The van der Waals surface area contributed by atoms with E-state index in [0.717, 1.165) is 31.2 Å². The number of carbonyl (C=O) groups is 1. The van der Waals surface area contributed by atoms with E-state index in [2.05, 4.69) is 5.32 Å². The highest BCUT2D eigenvalue weighted by atomic mass is 16.6. The summed E-state index contributed by atoms with van der Waals surface area (Å²) in [5.74, 6) is -0.425. The standard InChI is InChI=1S/C12H14N4O5/c17-12(14-4-1-2-13-3-5-14)9-6-10(15(18)19)8-11(7-9)16(20)21/h6-8,13H,1-5H2. The van der Waals surface area contributed by atoms with Crippen molar-refractivity contribution in [2.45, 2.75) is 6.42 Å². The van der Waals surface area contributed by atoms with Crippen LogP contribution in [-0.4, -0.2) is 46.8 Å². The van der Waals surface area contributed by atoms with Gasteiger partial charge in [0, 0.05) is 31.8 Å². The van der Waals surface area contributed by atoms with E-state index < -0.39 is 27.1 Å². The largest absolute Gasteiger partial charge is 0.337 e. The van der Waals surface area contributed by atoms with Gasteiger partial charge in [-0.3, -0.25) is 25.0 Å². The highest BCUT2D eigenvalue weighted by molar-refractivity contribution is 5.95. The van der Waals surface area contributed by atoms with Crippen LogP contribution in [0.4, 0.5) is 11.4 Å². The molecule has 0 radical (unpaired) electrons. The summed E-state index contributed by atoms with van der Waals surface area (Å²) in [5, 5.41) is 24.8. The monoisotopic (exact) mass is 294 g/mol. The number of hydrogen-bond donors (Lipinski definition) is 1.